The topological polar surface area (TPSA) is 8.17 Å². The molecule has 0 aliphatic rings. The van der Waals surface area contributed by atoms with Crippen molar-refractivity contribution >= 4 is 60.4 Å². The molecule has 0 unspecified atom stereocenters. The molecule has 14 aromatic rings. The summed E-state index contributed by atoms with van der Waals surface area (Å²) >= 11 is 0. The van der Waals surface area contributed by atoms with E-state index in [1.54, 1.807) is 0 Å². The summed E-state index contributed by atoms with van der Waals surface area (Å²) in [6, 6.07) is 111. The molecule has 356 valence electrons. The van der Waals surface area contributed by atoms with Crippen LogP contribution < -0.4 is 4.90 Å². The van der Waals surface area contributed by atoms with E-state index in [1.165, 1.54) is 93.4 Å². The van der Waals surface area contributed by atoms with Crippen LogP contribution in [-0.2, 0) is 0 Å². The van der Waals surface area contributed by atoms with Crippen LogP contribution in [0.25, 0.3) is 116 Å². The predicted molar refractivity (Wildman–Crippen MR) is 323 cm³/mol. The molecule has 1 heterocycles. The van der Waals surface area contributed by atoms with Crippen molar-refractivity contribution in [1.29, 1.82) is 0 Å². The van der Waals surface area contributed by atoms with E-state index < -0.39 is 0 Å². The summed E-state index contributed by atoms with van der Waals surface area (Å²) in [5, 5.41) is 7.53. The van der Waals surface area contributed by atoms with Crippen molar-refractivity contribution < 1.29 is 0 Å². The molecule has 0 radical (unpaired) electrons. The molecule has 76 heavy (non-hydrogen) atoms. The van der Waals surface area contributed by atoms with E-state index in [0.717, 1.165) is 39.4 Å². The fourth-order valence-corrected chi connectivity index (χ4v) is 11.5. The van der Waals surface area contributed by atoms with Gasteiger partial charge in [-0.05, 0) is 179 Å². The SMILES string of the molecule is c1ccc(-c2cc(-c3ccccc3)cc(-c3ccc(N(c4ccc(-c5cc6ccccc6c6ccccc56)cc4)c4cccc(-c5cccc(-c6cccc7c6c6ccccc6n7-c6ccccc6)c5)c4)cc3)c2)cc1. The number of para-hydroxylation sites is 2. The molecular formula is C74H50N2. The van der Waals surface area contributed by atoms with Gasteiger partial charge in [-0.3, -0.25) is 0 Å². The summed E-state index contributed by atoms with van der Waals surface area (Å²) in [4.78, 5) is 2.40. The number of fused-ring (bicyclic) bond motifs is 6. The Labute approximate surface area is 443 Å². The lowest BCUT2D eigenvalue weighted by molar-refractivity contribution is 1.18. The van der Waals surface area contributed by atoms with Crippen molar-refractivity contribution in [3.63, 3.8) is 0 Å². The first-order valence-corrected chi connectivity index (χ1v) is 26.1. The van der Waals surface area contributed by atoms with E-state index in [0.29, 0.717) is 0 Å². The van der Waals surface area contributed by atoms with Crippen molar-refractivity contribution in [2.24, 2.45) is 0 Å². The molecule has 1 aromatic heterocycles. The van der Waals surface area contributed by atoms with E-state index >= 15 is 0 Å². The lowest BCUT2D eigenvalue weighted by atomic mass is 9.93. The molecule has 0 aliphatic heterocycles. The second-order valence-corrected chi connectivity index (χ2v) is 19.7. The average Bonchev–Trinajstić information content (AvgIpc) is 3.87. The minimum Gasteiger partial charge on any atom is -0.310 e. The first-order chi connectivity index (χ1) is 37.7. The molecule has 14 rings (SSSR count). The average molecular weight is 967 g/mol. The van der Waals surface area contributed by atoms with Crippen molar-refractivity contribution in [3.8, 4) is 72.4 Å². The zero-order valence-electron chi connectivity index (χ0n) is 41.8. The van der Waals surface area contributed by atoms with Gasteiger partial charge in [0.05, 0.1) is 11.0 Å². The third-order valence-electron chi connectivity index (χ3n) is 15.1. The third kappa shape index (κ3) is 8.10. The number of nitrogens with zero attached hydrogens (tertiary/aromatic N) is 2. The maximum atomic E-state index is 2.40. The van der Waals surface area contributed by atoms with E-state index in [2.05, 4.69) is 313 Å². The van der Waals surface area contributed by atoms with Gasteiger partial charge in [-0.1, -0.05) is 212 Å². The van der Waals surface area contributed by atoms with Gasteiger partial charge in [0.1, 0.15) is 0 Å². The summed E-state index contributed by atoms with van der Waals surface area (Å²) in [6.07, 6.45) is 0. The summed E-state index contributed by atoms with van der Waals surface area (Å²) in [5.41, 5.74) is 21.0. The maximum Gasteiger partial charge on any atom is 0.0547 e. The molecule has 0 aliphatic carbocycles. The Kier molecular flexibility index (Phi) is 11.2. The van der Waals surface area contributed by atoms with Crippen molar-refractivity contribution in [2.45, 2.75) is 0 Å². The second kappa shape index (κ2) is 19.1. The Bertz CT molecular complexity index is 4360. The number of hydrogen-bond acceptors (Lipinski definition) is 1. The summed E-state index contributed by atoms with van der Waals surface area (Å²) in [7, 11) is 0. The van der Waals surface area contributed by atoms with Gasteiger partial charge < -0.3 is 9.47 Å². The molecule has 0 bridgehead atoms. The number of hydrogen-bond donors (Lipinski definition) is 0. The molecular weight excluding hydrogens is 917 g/mol. The fraction of sp³-hybridized carbons (Fsp3) is 0. The number of benzene rings is 13. The molecule has 2 nitrogen and oxygen atoms in total. The highest BCUT2D eigenvalue weighted by Gasteiger charge is 2.19. The van der Waals surface area contributed by atoms with Crippen LogP contribution in [0, 0.1) is 0 Å². The van der Waals surface area contributed by atoms with Crippen LogP contribution in [0.2, 0.25) is 0 Å². The summed E-state index contributed by atoms with van der Waals surface area (Å²) in [5.74, 6) is 0. The number of anilines is 3. The van der Waals surface area contributed by atoms with Crippen LogP contribution in [0.4, 0.5) is 17.1 Å². The first kappa shape index (κ1) is 44.7. The standard InChI is InChI=1S/C74H50N2/c1-4-19-51(20-5-1)59-46-60(52-21-6-2-7-22-52)48-61(47-59)53-37-41-63(42-38-53)75(64-43-39-54(40-44-64)71-50-58-23-10-11-30-66(58)68-31-12-13-32-69(68)71)65-29-17-25-56(49-65)55-24-16-26-57(45-55)67-34-18-36-73-74(67)70-33-14-15-35-72(70)76(73)62-27-8-3-9-28-62/h1-50H. The fourth-order valence-electron chi connectivity index (χ4n) is 11.5. The Balaban J connectivity index is 0.881. The molecule has 0 fully saturated rings. The molecule has 0 amide bonds. The Morgan fingerprint density at radius 2 is 0.684 bits per heavy atom. The molecule has 0 atom stereocenters. The van der Waals surface area contributed by atoms with Crippen LogP contribution in [-0.4, -0.2) is 4.57 Å². The highest BCUT2D eigenvalue weighted by Crippen LogP contribution is 2.43. The van der Waals surface area contributed by atoms with Crippen molar-refractivity contribution in [2.75, 3.05) is 4.90 Å². The Hall–Kier alpha value is -10.0. The van der Waals surface area contributed by atoms with Crippen molar-refractivity contribution in [1.82, 2.24) is 4.57 Å². The van der Waals surface area contributed by atoms with Crippen molar-refractivity contribution in [3.05, 3.63) is 303 Å². The zero-order valence-corrected chi connectivity index (χ0v) is 41.8. The molecule has 13 aromatic carbocycles. The third-order valence-corrected chi connectivity index (χ3v) is 15.1. The Morgan fingerprint density at radius 3 is 1.36 bits per heavy atom. The molecule has 0 spiro atoms. The van der Waals surface area contributed by atoms with Crippen LogP contribution in [0.1, 0.15) is 0 Å². The van der Waals surface area contributed by atoms with Gasteiger partial charge in [0.15, 0.2) is 0 Å². The van der Waals surface area contributed by atoms with Gasteiger partial charge in [0.25, 0.3) is 0 Å². The van der Waals surface area contributed by atoms with Crippen LogP contribution in [0.5, 0.6) is 0 Å². The molecule has 0 saturated carbocycles. The number of aromatic nitrogens is 1. The highest BCUT2D eigenvalue weighted by molar-refractivity contribution is 6.16. The zero-order chi connectivity index (χ0) is 50.4. The van der Waals surface area contributed by atoms with E-state index in [-0.39, 0.29) is 0 Å². The van der Waals surface area contributed by atoms with Gasteiger partial charge in [-0.15, -0.1) is 0 Å². The molecule has 0 N–H and O–H groups in total. The smallest absolute Gasteiger partial charge is 0.0547 e. The monoisotopic (exact) mass is 966 g/mol. The summed E-state index contributed by atoms with van der Waals surface area (Å²) < 4.78 is 2.39. The maximum absolute atomic E-state index is 2.40. The number of rotatable bonds is 10. The van der Waals surface area contributed by atoms with E-state index in [9.17, 15) is 0 Å². The lowest BCUT2D eigenvalue weighted by Gasteiger charge is -2.26. The van der Waals surface area contributed by atoms with Gasteiger partial charge in [-0.2, -0.15) is 0 Å². The lowest BCUT2D eigenvalue weighted by Crippen LogP contribution is -2.10. The highest BCUT2D eigenvalue weighted by atomic mass is 15.1. The minimum atomic E-state index is 1.07. The van der Waals surface area contributed by atoms with Gasteiger partial charge >= 0.3 is 0 Å². The van der Waals surface area contributed by atoms with Gasteiger partial charge in [-0.25, -0.2) is 0 Å². The Morgan fingerprint density at radius 1 is 0.224 bits per heavy atom. The van der Waals surface area contributed by atoms with Gasteiger partial charge in [0, 0.05) is 33.5 Å². The molecule has 0 saturated heterocycles. The van der Waals surface area contributed by atoms with E-state index in [1.807, 2.05) is 0 Å². The summed E-state index contributed by atoms with van der Waals surface area (Å²) in [6.45, 7) is 0. The van der Waals surface area contributed by atoms with E-state index in [4.69, 9.17) is 0 Å². The van der Waals surface area contributed by atoms with Gasteiger partial charge in [0.2, 0.25) is 0 Å². The predicted octanol–water partition coefficient (Wildman–Crippen LogP) is 20.6. The first-order valence-electron chi connectivity index (χ1n) is 26.1. The minimum absolute atomic E-state index is 1.07. The van der Waals surface area contributed by atoms with Crippen LogP contribution in [0.3, 0.4) is 0 Å². The van der Waals surface area contributed by atoms with Crippen LogP contribution in [0.15, 0.2) is 303 Å². The molecule has 2 heteroatoms. The largest absolute Gasteiger partial charge is 0.310 e. The normalized spacial score (nSPS) is 11.4. The van der Waals surface area contributed by atoms with Crippen LogP contribution >= 0.6 is 0 Å². The quantitative estimate of drug-likeness (QED) is 0.124. The second-order valence-electron chi connectivity index (χ2n) is 19.7.